The third-order valence-electron chi connectivity index (χ3n) is 4.64. The van der Waals surface area contributed by atoms with E-state index >= 15 is 0 Å². The Morgan fingerprint density at radius 3 is 2.17 bits per heavy atom. The normalized spacial score (nSPS) is 11.9. The number of aryl methyl sites for hydroxylation is 2. The third kappa shape index (κ3) is 3.33. The molecule has 0 saturated heterocycles. The van der Waals surface area contributed by atoms with Crippen LogP contribution in [0.3, 0.4) is 0 Å². The van der Waals surface area contributed by atoms with Crippen molar-refractivity contribution in [2.45, 2.75) is 48.0 Å². The third-order valence-corrected chi connectivity index (χ3v) is 4.64. The van der Waals surface area contributed by atoms with Crippen LogP contribution in [-0.2, 0) is 6.42 Å². The van der Waals surface area contributed by atoms with Crippen LogP contribution >= 0.6 is 0 Å². The van der Waals surface area contributed by atoms with E-state index in [1.165, 1.54) is 27.8 Å². The van der Waals surface area contributed by atoms with Crippen LogP contribution in [0.5, 0.6) is 0 Å². The molecule has 24 heavy (non-hydrogen) atoms. The first-order valence-electron chi connectivity index (χ1n) is 8.56. The van der Waals surface area contributed by atoms with E-state index in [9.17, 15) is 0 Å². The first kappa shape index (κ1) is 16.6. The zero-order chi connectivity index (χ0) is 17.5. The standard InChI is InChI=1S/C22H26N2/c1-14-9-18(10-15(2)16(14)3)21-19-8-7-17(12-22(4,5)6)11-20(19)23-13-24-21/h7-11,13H,12H2,1-6H3. The van der Waals surface area contributed by atoms with Crippen molar-refractivity contribution in [2.75, 3.05) is 0 Å². The first-order chi connectivity index (χ1) is 11.2. The Labute approximate surface area is 145 Å². The predicted molar refractivity (Wildman–Crippen MR) is 102 cm³/mol. The van der Waals surface area contributed by atoms with Crippen LogP contribution in [0.1, 0.15) is 43.0 Å². The molecule has 0 radical (unpaired) electrons. The van der Waals surface area contributed by atoms with Crippen LogP contribution in [-0.4, -0.2) is 9.97 Å². The van der Waals surface area contributed by atoms with E-state index in [1.807, 2.05) is 0 Å². The maximum absolute atomic E-state index is 4.58. The Kier molecular flexibility index (Phi) is 4.16. The number of hydrogen-bond donors (Lipinski definition) is 0. The Morgan fingerprint density at radius 2 is 1.54 bits per heavy atom. The van der Waals surface area contributed by atoms with Gasteiger partial charge in [0.15, 0.2) is 0 Å². The zero-order valence-corrected chi connectivity index (χ0v) is 15.6. The van der Waals surface area contributed by atoms with Crippen molar-refractivity contribution in [1.82, 2.24) is 9.97 Å². The van der Waals surface area contributed by atoms with Crippen LogP contribution in [0.25, 0.3) is 22.2 Å². The smallest absolute Gasteiger partial charge is 0.116 e. The van der Waals surface area contributed by atoms with Gasteiger partial charge in [-0.1, -0.05) is 32.9 Å². The monoisotopic (exact) mass is 318 g/mol. The molecule has 0 unspecified atom stereocenters. The molecular formula is C22H26N2. The number of benzene rings is 2. The molecule has 2 aromatic carbocycles. The molecule has 0 saturated carbocycles. The van der Waals surface area contributed by atoms with Gasteiger partial charge in [-0.3, -0.25) is 0 Å². The number of rotatable bonds is 2. The molecule has 0 fully saturated rings. The summed E-state index contributed by atoms with van der Waals surface area (Å²) in [6.45, 7) is 13.3. The Hall–Kier alpha value is -2.22. The van der Waals surface area contributed by atoms with E-state index in [-0.39, 0.29) is 5.41 Å². The van der Waals surface area contributed by atoms with Gasteiger partial charge < -0.3 is 0 Å². The van der Waals surface area contributed by atoms with Gasteiger partial charge in [0.2, 0.25) is 0 Å². The van der Waals surface area contributed by atoms with Crippen LogP contribution in [0, 0.1) is 26.2 Å². The number of aromatic nitrogens is 2. The van der Waals surface area contributed by atoms with Gasteiger partial charge in [0.1, 0.15) is 6.33 Å². The van der Waals surface area contributed by atoms with Gasteiger partial charge in [-0.25, -0.2) is 9.97 Å². The summed E-state index contributed by atoms with van der Waals surface area (Å²) in [6.07, 6.45) is 2.73. The maximum Gasteiger partial charge on any atom is 0.116 e. The highest BCUT2D eigenvalue weighted by Crippen LogP contribution is 2.30. The molecule has 1 aromatic heterocycles. The molecule has 0 atom stereocenters. The van der Waals surface area contributed by atoms with E-state index in [0.29, 0.717) is 0 Å². The van der Waals surface area contributed by atoms with Gasteiger partial charge in [0.05, 0.1) is 11.2 Å². The molecule has 124 valence electrons. The molecule has 0 amide bonds. The predicted octanol–water partition coefficient (Wildman–Crippen LogP) is 5.81. The van der Waals surface area contributed by atoms with Crippen molar-refractivity contribution in [1.29, 1.82) is 0 Å². The fraction of sp³-hybridized carbons (Fsp3) is 0.364. The topological polar surface area (TPSA) is 25.8 Å². The zero-order valence-electron chi connectivity index (χ0n) is 15.6. The first-order valence-corrected chi connectivity index (χ1v) is 8.56. The van der Waals surface area contributed by atoms with Crippen LogP contribution in [0.4, 0.5) is 0 Å². The number of hydrogen-bond acceptors (Lipinski definition) is 2. The van der Waals surface area contributed by atoms with E-state index in [0.717, 1.165) is 23.0 Å². The highest BCUT2D eigenvalue weighted by Gasteiger charge is 2.13. The van der Waals surface area contributed by atoms with Gasteiger partial charge in [-0.15, -0.1) is 0 Å². The van der Waals surface area contributed by atoms with Gasteiger partial charge in [-0.05, 0) is 73.1 Å². The number of nitrogens with zero attached hydrogens (tertiary/aromatic N) is 2. The molecular weight excluding hydrogens is 292 g/mol. The second-order valence-corrected chi connectivity index (χ2v) is 8.05. The molecule has 3 rings (SSSR count). The minimum Gasteiger partial charge on any atom is -0.236 e. The minimum absolute atomic E-state index is 0.273. The summed E-state index contributed by atoms with van der Waals surface area (Å²) in [7, 11) is 0. The van der Waals surface area contributed by atoms with Crippen LogP contribution in [0.15, 0.2) is 36.7 Å². The van der Waals surface area contributed by atoms with Crippen LogP contribution < -0.4 is 0 Å². The van der Waals surface area contributed by atoms with Crippen LogP contribution in [0.2, 0.25) is 0 Å². The average molecular weight is 318 g/mol. The van der Waals surface area contributed by atoms with Crippen molar-refractivity contribution < 1.29 is 0 Å². The minimum atomic E-state index is 0.273. The molecule has 2 nitrogen and oxygen atoms in total. The maximum atomic E-state index is 4.58. The van der Waals surface area contributed by atoms with E-state index in [1.54, 1.807) is 6.33 Å². The second kappa shape index (κ2) is 6.01. The largest absolute Gasteiger partial charge is 0.236 e. The van der Waals surface area contributed by atoms with Crippen molar-refractivity contribution in [2.24, 2.45) is 5.41 Å². The lowest BCUT2D eigenvalue weighted by molar-refractivity contribution is 0.411. The molecule has 1 heterocycles. The lowest BCUT2D eigenvalue weighted by atomic mass is 9.87. The molecule has 0 aliphatic carbocycles. The molecule has 0 spiro atoms. The van der Waals surface area contributed by atoms with Gasteiger partial charge >= 0.3 is 0 Å². The van der Waals surface area contributed by atoms with E-state index in [4.69, 9.17) is 0 Å². The molecule has 0 N–H and O–H groups in total. The summed E-state index contributed by atoms with van der Waals surface area (Å²) in [5.41, 5.74) is 8.79. The van der Waals surface area contributed by atoms with E-state index in [2.05, 4.69) is 81.8 Å². The summed E-state index contributed by atoms with van der Waals surface area (Å²) in [5.74, 6) is 0. The molecule has 0 bridgehead atoms. The van der Waals surface area contributed by atoms with Crippen molar-refractivity contribution in [3.8, 4) is 11.3 Å². The highest BCUT2D eigenvalue weighted by molar-refractivity contribution is 5.92. The lowest BCUT2D eigenvalue weighted by Crippen LogP contribution is -2.09. The molecule has 0 aliphatic heterocycles. The SMILES string of the molecule is Cc1cc(-c2ncnc3cc(CC(C)(C)C)ccc23)cc(C)c1C. The lowest BCUT2D eigenvalue weighted by Gasteiger charge is -2.18. The quantitative estimate of drug-likeness (QED) is 0.596. The fourth-order valence-electron chi connectivity index (χ4n) is 3.23. The van der Waals surface area contributed by atoms with Gasteiger partial charge in [-0.2, -0.15) is 0 Å². The van der Waals surface area contributed by atoms with Gasteiger partial charge in [0, 0.05) is 10.9 Å². The van der Waals surface area contributed by atoms with Gasteiger partial charge in [0.25, 0.3) is 0 Å². The number of fused-ring (bicyclic) bond motifs is 1. The summed E-state index contributed by atoms with van der Waals surface area (Å²) in [5, 5.41) is 1.12. The van der Waals surface area contributed by atoms with Crippen molar-refractivity contribution in [3.05, 3.63) is 58.9 Å². The average Bonchev–Trinajstić information content (AvgIpc) is 2.49. The summed E-state index contributed by atoms with van der Waals surface area (Å²) >= 11 is 0. The Balaban J connectivity index is 2.13. The summed E-state index contributed by atoms with van der Waals surface area (Å²) < 4.78 is 0. The molecule has 3 aromatic rings. The summed E-state index contributed by atoms with van der Waals surface area (Å²) in [4.78, 5) is 9.09. The highest BCUT2D eigenvalue weighted by atomic mass is 14.8. The fourth-order valence-corrected chi connectivity index (χ4v) is 3.23. The Bertz CT molecular complexity index is 878. The molecule has 2 heteroatoms. The second-order valence-electron chi connectivity index (χ2n) is 8.05. The molecule has 0 aliphatic rings. The van der Waals surface area contributed by atoms with Crippen molar-refractivity contribution in [3.63, 3.8) is 0 Å². The van der Waals surface area contributed by atoms with Crippen molar-refractivity contribution >= 4 is 10.9 Å². The summed E-state index contributed by atoms with van der Waals surface area (Å²) in [6, 6.07) is 11.1. The Morgan fingerprint density at radius 1 is 0.875 bits per heavy atom. The van der Waals surface area contributed by atoms with E-state index < -0.39 is 0 Å².